The van der Waals surface area contributed by atoms with Crippen molar-refractivity contribution in [3.05, 3.63) is 34.9 Å². The lowest BCUT2D eigenvalue weighted by atomic mass is 9.89. The summed E-state index contributed by atoms with van der Waals surface area (Å²) < 4.78 is 0. The molecule has 1 aliphatic carbocycles. The van der Waals surface area contributed by atoms with Crippen molar-refractivity contribution in [2.75, 3.05) is 6.54 Å². The Labute approximate surface area is 110 Å². The van der Waals surface area contributed by atoms with Crippen LogP contribution in [0.15, 0.2) is 24.3 Å². The maximum Gasteiger partial charge on any atom is 0.0408 e. The van der Waals surface area contributed by atoms with Crippen LogP contribution in [0.25, 0.3) is 0 Å². The molecule has 1 aromatic carbocycles. The molecule has 0 aliphatic heterocycles. The molecule has 1 aliphatic rings. The molecule has 1 N–H and O–H groups in total. The molecule has 0 radical (unpaired) electrons. The van der Waals surface area contributed by atoms with Crippen LogP contribution in [0, 0.1) is 11.8 Å². The van der Waals surface area contributed by atoms with Gasteiger partial charge in [0.25, 0.3) is 0 Å². The standard InChI is InChI=1S/C15H22ClN/c1-11(12(2)10-17-15-6-7-15)8-13-4-3-5-14(16)9-13/h3-5,9,11-12,15,17H,6-8,10H2,1-2H3. The van der Waals surface area contributed by atoms with E-state index in [4.69, 9.17) is 11.6 Å². The monoisotopic (exact) mass is 251 g/mol. The second kappa shape index (κ2) is 5.88. The highest BCUT2D eigenvalue weighted by molar-refractivity contribution is 6.30. The molecule has 2 unspecified atom stereocenters. The van der Waals surface area contributed by atoms with Gasteiger partial charge in [-0.2, -0.15) is 0 Å². The summed E-state index contributed by atoms with van der Waals surface area (Å²) in [5.74, 6) is 1.41. The Balaban J connectivity index is 1.80. The molecule has 2 atom stereocenters. The fourth-order valence-corrected chi connectivity index (χ4v) is 2.29. The minimum Gasteiger partial charge on any atom is -0.314 e. The van der Waals surface area contributed by atoms with E-state index >= 15 is 0 Å². The van der Waals surface area contributed by atoms with Crippen LogP contribution >= 0.6 is 11.6 Å². The molecule has 94 valence electrons. The Morgan fingerprint density at radius 1 is 1.29 bits per heavy atom. The molecule has 0 aromatic heterocycles. The SMILES string of the molecule is CC(CNC1CC1)C(C)Cc1cccc(Cl)c1. The van der Waals surface area contributed by atoms with E-state index < -0.39 is 0 Å². The van der Waals surface area contributed by atoms with Crippen LogP contribution in [0.1, 0.15) is 32.3 Å². The summed E-state index contributed by atoms with van der Waals surface area (Å²) in [6.45, 7) is 5.82. The first kappa shape index (κ1) is 12.9. The van der Waals surface area contributed by atoms with Crippen molar-refractivity contribution < 1.29 is 0 Å². The van der Waals surface area contributed by atoms with Gasteiger partial charge in [-0.25, -0.2) is 0 Å². The van der Waals surface area contributed by atoms with Gasteiger partial charge in [0.15, 0.2) is 0 Å². The summed E-state index contributed by atoms with van der Waals surface area (Å²) in [5, 5.41) is 4.45. The van der Waals surface area contributed by atoms with E-state index in [2.05, 4.69) is 31.3 Å². The Hall–Kier alpha value is -0.530. The van der Waals surface area contributed by atoms with E-state index in [9.17, 15) is 0 Å². The van der Waals surface area contributed by atoms with E-state index in [1.54, 1.807) is 0 Å². The van der Waals surface area contributed by atoms with Crippen molar-refractivity contribution in [1.29, 1.82) is 0 Å². The van der Waals surface area contributed by atoms with Gasteiger partial charge < -0.3 is 5.32 Å². The topological polar surface area (TPSA) is 12.0 Å². The summed E-state index contributed by atoms with van der Waals surface area (Å²) in [6.07, 6.45) is 3.86. The van der Waals surface area contributed by atoms with Crippen molar-refractivity contribution in [2.24, 2.45) is 11.8 Å². The van der Waals surface area contributed by atoms with Gasteiger partial charge in [-0.3, -0.25) is 0 Å². The second-order valence-corrected chi connectivity index (χ2v) is 5.91. The predicted molar refractivity (Wildman–Crippen MR) is 74.5 cm³/mol. The molecular weight excluding hydrogens is 230 g/mol. The zero-order valence-electron chi connectivity index (χ0n) is 10.7. The molecule has 0 amide bonds. The molecule has 0 saturated heterocycles. The molecule has 2 heteroatoms. The van der Waals surface area contributed by atoms with Crippen molar-refractivity contribution in [1.82, 2.24) is 5.32 Å². The van der Waals surface area contributed by atoms with Gasteiger partial charge in [0.2, 0.25) is 0 Å². The number of nitrogens with one attached hydrogen (secondary N) is 1. The van der Waals surface area contributed by atoms with Gasteiger partial charge in [0, 0.05) is 11.1 Å². The quantitative estimate of drug-likeness (QED) is 0.809. The van der Waals surface area contributed by atoms with Crippen molar-refractivity contribution in [3.8, 4) is 0 Å². The first-order chi connectivity index (χ1) is 8.15. The predicted octanol–water partition coefficient (Wildman–Crippen LogP) is 3.91. The molecule has 1 saturated carbocycles. The summed E-state index contributed by atoms with van der Waals surface area (Å²) in [6, 6.07) is 9.05. The second-order valence-electron chi connectivity index (χ2n) is 5.47. The van der Waals surface area contributed by atoms with E-state index in [1.165, 1.54) is 18.4 Å². The molecule has 0 bridgehead atoms. The van der Waals surface area contributed by atoms with E-state index in [0.717, 1.165) is 29.9 Å². The normalized spacial score (nSPS) is 19.0. The highest BCUT2D eigenvalue weighted by Gasteiger charge is 2.22. The van der Waals surface area contributed by atoms with E-state index in [0.29, 0.717) is 5.92 Å². The maximum atomic E-state index is 6.01. The van der Waals surface area contributed by atoms with Crippen LogP contribution in [-0.4, -0.2) is 12.6 Å². The first-order valence-electron chi connectivity index (χ1n) is 6.63. The third-order valence-electron chi connectivity index (χ3n) is 3.72. The Kier molecular flexibility index (Phi) is 4.47. The first-order valence-corrected chi connectivity index (χ1v) is 7.01. The number of benzene rings is 1. The highest BCUT2D eigenvalue weighted by atomic mass is 35.5. The zero-order chi connectivity index (χ0) is 12.3. The van der Waals surface area contributed by atoms with Gasteiger partial charge in [-0.15, -0.1) is 0 Å². The number of rotatable bonds is 6. The van der Waals surface area contributed by atoms with Gasteiger partial charge >= 0.3 is 0 Å². The molecule has 0 heterocycles. The Morgan fingerprint density at radius 3 is 2.71 bits per heavy atom. The summed E-state index contributed by atoms with van der Waals surface area (Å²) in [4.78, 5) is 0. The van der Waals surface area contributed by atoms with Gasteiger partial charge in [-0.1, -0.05) is 37.6 Å². The van der Waals surface area contributed by atoms with E-state index in [1.807, 2.05) is 12.1 Å². The van der Waals surface area contributed by atoms with Crippen LogP contribution in [-0.2, 0) is 6.42 Å². The molecule has 1 aromatic rings. The van der Waals surface area contributed by atoms with Crippen LogP contribution in [0.2, 0.25) is 5.02 Å². The van der Waals surface area contributed by atoms with Crippen LogP contribution in [0.5, 0.6) is 0 Å². The number of hydrogen-bond acceptors (Lipinski definition) is 1. The largest absolute Gasteiger partial charge is 0.314 e. The minimum absolute atomic E-state index is 0.694. The van der Waals surface area contributed by atoms with Crippen molar-refractivity contribution >= 4 is 11.6 Å². The molecule has 0 spiro atoms. The van der Waals surface area contributed by atoms with Gasteiger partial charge in [0.1, 0.15) is 0 Å². The van der Waals surface area contributed by atoms with Crippen LogP contribution < -0.4 is 5.32 Å². The van der Waals surface area contributed by atoms with Gasteiger partial charge in [-0.05, 0) is 55.3 Å². The average Bonchev–Trinajstić information content (AvgIpc) is 3.09. The fourth-order valence-electron chi connectivity index (χ4n) is 2.08. The molecular formula is C15H22ClN. The molecule has 1 fully saturated rings. The molecule has 2 rings (SSSR count). The Morgan fingerprint density at radius 2 is 2.06 bits per heavy atom. The lowest BCUT2D eigenvalue weighted by Gasteiger charge is -2.20. The summed E-state index contributed by atoms with van der Waals surface area (Å²) in [5.41, 5.74) is 1.35. The fraction of sp³-hybridized carbons (Fsp3) is 0.600. The van der Waals surface area contributed by atoms with Gasteiger partial charge in [0.05, 0.1) is 0 Å². The lowest BCUT2D eigenvalue weighted by Crippen LogP contribution is -2.27. The van der Waals surface area contributed by atoms with E-state index in [-0.39, 0.29) is 0 Å². The zero-order valence-corrected chi connectivity index (χ0v) is 11.5. The Bertz CT molecular complexity index is 360. The number of halogens is 1. The average molecular weight is 252 g/mol. The number of hydrogen-bond donors (Lipinski definition) is 1. The third kappa shape index (κ3) is 4.33. The summed E-state index contributed by atoms with van der Waals surface area (Å²) >= 11 is 6.01. The summed E-state index contributed by atoms with van der Waals surface area (Å²) in [7, 11) is 0. The third-order valence-corrected chi connectivity index (χ3v) is 3.96. The highest BCUT2D eigenvalue weighted by Crippen LogP contribution is 2.22. The van der Waals surface area contributed by atoms with Crippen LogP contribution in [0.3, 0.4) is 0 Å². The minimum atomic E-state index is 0.694. The lowest BCUT2D eigenvalue weighted by molar-refractivity contribution is 0.364. The van der Waals surface area contributed by atoms with Crippen molar-refractivity contribution in [2.45, 2.75) is 39.2 Å². The molecule has 17 heavy (non-hydrogen) atoms. The molecule has 1 nitrogen and oxygen atoms in total. The maximum absolute atomic E-state index is 6.01. The smallest absolute Gasteiger partial charge is 0.0408 e. The van der Waals surface area contributed by atoms with Crippen LogP contribution in [0.4, 0.5) is 0 Å². The van der Waals surface area contributed by atoms with Crippen molar-refractivity contribution in [3.63, 3.8) is 0 Å².